The molecule has 0 aliphatic heterocycles. The quantitative estimate of drug-likeness (QED) is 0.831. The van der Waals surface area contributed by atoms with E-state index in [4.69, 9.17) is 0 Å². The molecule has 1 aromatic heterocycles. The van der Waals surface area contributed by atoms with E-state index in [1.807, 2.05) is 30.3 Å². The summed E-state index contributed by atoms with van der Waals surface area (Å²) in [5.74, 6) is 2.26. The summed E-state index contributed by atoms with van der Waals surface area (Å²) in [4.78, 5) is 20.4. The molecule has 5 nitrogen and oxygen atoms in total. The first-order valence-electron chi connectivity index (χ1n) is 8.34. The highest BCUT2D eigenvalue weighted by atomic mass is 16.1. The van der Waals surface area contributed by atoms with Crippen LogP contribution in [-0.2, 0) is 11.3 Å². The largest absolute Gasteiger partial charge is 0.366 e. The zero-order valence-corrected chi connectivity index (χ0v) is 15.1. The van der Waals surface area contributed by atoms with E-state index in [9.17, 15) is 4.79 Å². The summed E-state index contributed by atoms with van der Waals surface area (Å²) in [6.07, 6.45) is 0. The summed E-state index contributed by atoms with van der Waals surface area (Å²) < 4.78 is 0. The average Bonchev–Trinajstić information content (AvgIpc) is 2.52. The van der Waals surface area contributed by atoms with E-state index in [2.05, 4.69) is 48.3 Å². The van der Waals surface area contributed by atoms with E-state index in [0.29, 0.717) is 12.5 Å². The second kappa shape index (κ2) is 7.90. The maximum atomic E-state index is 11.2. The van der Waals surface area contributed by atoms with Gasteiger partial charge in [0.2, 0.25) is 5.91 Å². The molecule has 24 heavy (non-hydrogen) atoms. The van der Waals surface area contributed by atoms with E-state index in [-0.39, 0.29) is 11.8 Å². The zero-order valence-electron chi connectivity index (χ0n) is 15.1. The number of nitrogens with zero attached hydrogens (tertiary/aromatic N) is 2. The molecule has 0 saturated heterocycles. The van der Waals surface area contributed by atoms with Crippen molar-refractivity contribution in [2.75, 3.05) is 10.6 Å². The molecule has 128 valence electrons. The average molecular weight is 326 g/mol. The molecule has 0 aliphatic rings. The monoisotopic (exact) mass is 326 g/mol. The van der Waals surface area contributed by atoms with Crippen LogP contribution in [0.3, 0.4) is 0 Å². The third kappa shape index (κ3) is 5.05. The Morgan fingerprint density at radius 3 is 2.46 bits per heavy atom. The van der Waals surface area contributed by atoms with Gasteiger partial charge in [-0.3, -0.25) is 4.79 Å². The third-order valence-corrected chi connectivity index (χ3v) is 3.59. The first kappa shape index (κ1) is 17.9. The molecule has 2 aromatic rings. The van der Waals surface area contributed by atoms with Crippen LogP contribution < -0.4 is 10.6 Å². The Kier molecular flexibility index (Phi) is 5.90. The van der Waals surface area contributed by atoms with Crippen LogP contribution in [0.15, 0.2) is 30.3 Å². The molecule has 1 aromatic carbocycles. The van der Waals surface area contributed by atoms with E-state index < -0.39 is 0 Å². The van der Waals surface area contributed by atoms with Gasteiger partial charge in [0.05, 0.1) is 0 Å². The van der Waals surface area contributed by atoms with Gasteiger partial charge in [-0.05, 0) is 23.6 Å². The van der Waals surface area contributed by atoms with Crippen LogP contribution in [0, 0.1) is 0 Å². The van der Waals surface area contributed by atoms with E-state index >= 15 is 0 Å². The molecule has 0 fully saturated rings. The lowest BCUT2D eigenvalue weighted by Crippen LogP contribution is -2.09. The summed E-state index contributed by atoms with van der Waals surface area (Å²) >= 11 is 0. The number of hydrogen-bond acceptors (Lipinski definition) is 4. The Hall–Kier alpha value is -2.43. The molecule has 1 amide bonds. The van der Waals surface area contributed by atoms with Gasteiger partial charge in [0.25, 0.3) is 0 Å². The summed E-state index contributed by atoms with van der Waals surface area (Å²) in [6, 6.07) is 9.80. The number of carbonyl (C=O) groups is 1. The smallest absolute Gasteiger partial charge is 0.221 e. The third-order valence-electron chi connectivity index (χ3n) is 3.59. The summed E-state index contributed by atoms with van der Waals surface area (Å²) in [5.41, 5.74) is 2.93. The molecule has 0 radical (unpaired) electrons. The number of hydrogen-bond donors (Lipinski definition) is 2. The maximum absolute atomic E-state index is 11.2. The lowest BCUT2D eigenvalue weighted by Gasteiger charge is -2.14. The molecule has 1 heterocycles. The summed E-state index contributed by atoms with van der Waals surface area (Å²) in [7, 11) is 0. The number of benzene rings is 1. The van der Waals surface area contributed by atoms with Crippen molar-refractivity contribution >= 4 is 17.4 Å². The van der Waals surface area contributed by atoms with Crippen LogP contribution in [0.1, 0.15) is 63.5 Å². The van der Waals surface area contributed by atoms with Gasteiger partial charge in [-0.2, -0.15) is 0 Å². The molecular weight excluding hydrogens is 300 g/mol. The lowest BCUT2D eigenvalue weighted by molar-refractivity contribution is -0.114. The van der Waals surface area contributed by atoms with Gasteiger partial charge in [-0.15, -0.1) is 0 Å². The Labute approximate surface area is 143 Å². The van der Waals surface area contributed by atoms with Crippen molar-refractivity contribution in [2.24, 2.45) is 0 Å². The first-order valence-corrected chi connectivity index (χ1v) is 8.34. The number of anilines is 2. The van der Waals surface area contributed by atoms with Gasteiger partial charge in [-0.25, -0.2) is 9.97 Å². The van der Waals surface area contributed by atoms with Crippen LogP contribution in [0.5, 0.6) is 0 Å². The maximum Gasteiger partial charge on any atom is 0.221 e. The fourth-order valence-corrected chi connectivity index (χ4v) is 2.28. The van der Waals surface area contributed by atoms with Crippen LogP contribution in [-0.4, -0.2) is 15.9 Å². The standard InChI is InChI=1S/C19H26N4O/c1-12(2)17-10-18(23-19(22-17)13(3)4)20-11-15-7-6-8-16(9-15)21-14(5)24/h6-10,12-13H,11H2,1-5H3,(H,21,24)(H,20,22,23). The highest BCUT2D eigenvalue weighted by Gasteiger charge is 2.10. The molecule has 2 rings (SSSR count). The number of carbonyl (C=O) groups excluding carboxylic acids is 1. The molecule has 2 N–H and O–H groups in total. The SMILES string of the molecule is CC(=O)Nc1cccc(CNc2cc(C(C)C)nc(C(C)C)n2)c1. The molecule has 0 aliphatic carbocycles. The summed E-state index contributed by atoms with van der Waals surface area (Å²) in [6.45, 7) is 10.6. The normalized spacial score (nSPS) is 11.0. The highest BCUT2D eigenvalue weighted by molar-refractivity contribution is 5.88. The number of rotatable bonds is 6. The Balaban J connectivity index is 2.15. The second-order valence-electron chi connectivity index (χ2n) is 6.58. The van der Waals surface area contributed by atoms with Crippen molar-refractivity contribution in [1.82, 2.24) is 9.97 Å². The van der Waals surface area contributed by atoms with E-state index in [1.165, 1.54) is 6.92 Å². The van der Waals surface area contributed by atoms with Crippen LogP contribution >= 0.6 is 0 Å². The van der Waals surface area contributed by atoms with Crippen molar-refractivity contribution in [2.45, 2.75) is 53.0 Å². The van der Waals surface area contributed by atoms with Gasteiger partial charge < -0.3 is 10.6 Å². The first-order chi connectivity index (χ1) is 11.3. The fraction of sp³-hybridized carbons (Fsp3) is 0.421. The van der Waals surface area contributed by atoms with Gasteiger partial charge in [0, 0.05) is 36.8 Å². The minimum Gasteiger partial charge on any atom is -0.366 e. The van der Waals surface area contributed by atoms with Crippen LogP contribution in [0.2, 0.25) is 0 Å². The molecule has 0 saturated carbocycles. The Morgan fingerprint density at radius 1 is 1.08 bits per heavy atom. The minimum atomic E-state index is -0.0703. The predicted molar refractivity (Wildman–Crippen MR) is 98.3 cm³/mol. The molecule has 0 bridgehead atoms. The topological polar surface area (TPSA) is 66.9 Å². The van der Waals surface area contributed by atoms with E-state index in [1.54, 1.807) is 0 Å². The van der Waals surface area contributed by atoms with Crippen molar-refractivity contribution in [3.05, 3.63) is 47.4 Å². The van der Waals surface area contributed by atoms with Crippen molar-refractivity contribution < 1.29 is 4.79 Å². The molecule has 0 unspecified atom stereocenters. The van der Waals surface area contributed by atoms with Crippen molar-refractivity contribution in [1.29, 1.82) is 0 Å². The number of nitrogens with one attached hydrogen (secondary N) is 2. The predicted octanol–water partition coefficient (Wildman–Crippen LogP) is 4.29. The van der Waals surface area contributed by atoms with Crippen LogP contribution in [0.25, 0.3) is 0 Å². The molecule has 5 heteroatoms. The minimum absolute atomic E-state index is 0.0703. The van der Waals surface area contributed by atoms with Crippen molar-refractivity contribution in [3.63, 3.8) is 0 Å². The summed E-state index contributed by atoms with van der Waals surface area (Å²) in [5, 5.41) is 6.17. The molecule has 0 atom stereocenters. The van der Waals surface area contributed by atoms with Gasteiger partial charge in [0.1, 0.15) is 11.6 Å². The van der Waals surface area contributed by atoms with Gasteiger partial charge in [0.15, 0.2) is 0 Å². The van der Waals surface area contributed by atoms with E-state index in [0.717, 1.165) is 28.6 Å². The molecule has 0 spiro atoms. The number of amides is 1. The Morgan fingerprint density at radius 2 is 1.83 bits per heavy atom. The fourth-order valence-electron chi connectivity index (χ4n) is 2.28. The zero-order chi connectivity index (χ0) is 17.7. The number of aromatic nitrogens is 2. The lowest BCUT2D eigenvalue weighted by atomic mass is 10.1. The van der Waals surface area contributed by atoms with Crippen molar-refractivity contribution in [3.8, 4) is 0 Å². The molecular formula is C19H26N4O. The van der Waals surface area contributed by atoms with Gasteiger partial charge in [-0.1, -0.05) is 39.8 Å². The second-order valence-corrected chi connectivity index (χ2v) is 6.58. The highest BCUT2D eigenvalue weighted by Crippen LogP contribution is 2.20. The van der Waals surface area contributed by atoms with Crippen LogP contribution in [0.4, 0.5) is 11.5 Å². The Bertz CT molecular complexity index is 684. The van der Waals surface area contributed by atoms with Gasteiger partial charge >= 0.3 is 0 Å².